The zero-order chi connectivity index (χ0) is 11.3. The van der Waals surface area contributed by atoms with Gasteiger partial charge in [0, 0.05) is 13.1 Å². The van der Waals surface area contributed by atoms with Crippen molar-refractivity contribution in [1.29, 1.82) is 0 Å². The summed E-state index contributed by atoms with van der Waals surface area (Å²) in [6, 6.07) is 0. The zero-order valence-electron chi connectivity index (χ0n) is 8.73. The molecule has 1 heterocycles. The van der Waals surface area contributed by atoms with Crippen LogP contribution >= 0.6 is 0 Å². The summed E-state index contributed by atoms with van der Waals surface area (Å²) in [6.07, 6.45) is 1.07. The Bertz CT molecular complexity index is 236. The minimum atomic E-state index is -0.767. The van der Waals surface area contributed by atoms with E-state index in [1.807, 2.05) is 0 Å². The number of amides is 1. The maximum Gasteiger partial charge on any atom is 0.306 e. The quantitative estimate of drug-likeness (QED) is 0.617. The molecule has 6 nitrogen and oxygen atoms in total. The monoisotopic (exact) mass is 216 g/mol. The highest BCUT2D eigenvalue weighted by Crippen LogP contribution is 2.16. The number of carbonyl (C=O) groups excluding carboxylic acids is 1. The summed E-state index contributed by atoms with van der Waals surface area (Å²) < 4.78 is 0. The first-order valence-corrected chi connectivity index (χ1v) is 4.91. The van der Waals surface area contributed by atoms with E-state index < -0.39 is 5.97 Å². The number of hydrogen-bond donors (Lipinski definition) is 2. The minimum absolute atomic E-state index is 0.0549. The van der Waals surface area contributed by atoms with Crippen molar-refractivity contribution in [2.45, 2.75) is 12.8 Å². The van der Waals surface area contributed by atoms with E-state index in [-0.39, 0.29) is 18.4 Å². The molecule has 1 aliphatic heterocycles. The molecule has 2 N–H and O–H groups in total. The Labute approximate surface area is 88.1 Å². The van der Waals surface area contributed by atoms with E-state index in [9.17, 15) is 9.59 Å². The predicted octanol–water partition coefficient (Wildman–Crippen LogP) is -0.539. The van der Waals surface area contributed by atoms with E-state index in [1.165, 1.54) is 7.11 Å². The van der Waals surface area contributed by atoms with Gasteiger partial charge in [0.2, 0.25) is 5.91 Å². The van der Waals surface area contributed by atoms with Gasteiger partial charge in [-0.25, -0.2) is 0 Å². The number of carboxylic acid groups (broad SMARTS) is 1. The average molecular weight is 216 g/mol. The van der Waals surface area contributed by atoms with Gasteiger partial charge in [-0.15, -0.1) is 0 Å². The Kier molecular flexibility index (Phi) is 4.51. The van der Waals surface area contributed by atoms with Gasteiger partial charge < -0.3 is 14.8 Å². The highest BCUT2D eigenvalue weighted by atomic mass is 16.6. The normalized spacial score (nSPS) is 17.8. The molecule has 86 valence electrons. The van der Waals surface area contributed by atoms with Crippen LogP contribution in [0.15, 0.2) is 0 Å². The lowest BCUT2D eigenvalue weighted by Crippen LogP contribution is -2.43. The van der Waals surface area contributed by atoms with Crippen LogP contribution in [0.4, 0.5) is 0 Å². The average Bonchev–Trinajstić information content (AvgIpc) is 2.26. The zero-order valence-corrected chi connectivity index (χ0v) is 8.73. The van der Waals surface area contributed by atoms with E-state index in [0.29, 0.717) is 25.9 Å². The first-order valence-electron chi connectivity index (χ1n) is 4.91. The van der Waals surface area contributed by atoms with Gasteiger partial charge >= 0.3 is 5.97 Å². The lowest BCUT2D eigenvalue weighted by atomic mass is 9.97. The fourth-order valence-electron chi connectivity index (χ4n) is 1.62. The van der Waals surface area contributed by atoms with Crippen molar-refractivity contribution in [3.05, 3.63) is 0 Å². The summed E-state index contributed by atoms with van der Waals surface area (Å²) in [4.78, 5) is 28.4. The molecule has 0 aromatic heterocycles. The van der Waals surface area contributed by atoms with Crippen LogP contribution in [-0.4, -0.2) is 48.6 Å². The van der Waals surface area contributed by atoms with Gasteiger partial charge in [0.25, 0.3) is 0 Å². The van der Waals surface area contributed by atoms with Crippen LogP contribution in [0.3, 0.4) is 0 Å². The SMILES string of the molecule is CONCC(=O)N1CCC(C(=O)O)CC1. The van der Waals surface area contributed by atoms with Crippen molar-refractivity contribution in [2.75, 3.05) is 26.7 Å². The van der Waals surface area contributed by atoms with Crippen molar-refractivity contribution in [2.24, 2.45) is 5.92 Å². The summed E-state index contributed by atoms with van der Waals surface area (Å²) in [6.45, 7) is 1.16. The molecule has 0 aromatic carbocycles. The first-order chi connectivity index (χ1) is 7.15. The second-order valence-electron chi connectivity index (χ2n) is 3.52. The van der Waals surface area contributed by atoms with Crippen LogP contribution in [0.5, 0.6) is 0 Å². The molecule has 0 atom stereocenters. The maximum atomic E-state index is 11.5. The first kappa shape index (κ1) is 11.9. The van der Waals surface area contributed by atoms with Crippen LogP contribution in [0.1, 0.15) is 12.8 Å². The van der Waals surface area contributed by atoms with Crippen LogP contribution in [-0.2, 0) is 14.4 Å². The molecular formula is C9H16N2O4. The summed E-state index contributed by atoms with van der Waals surface area (Å²) in [5, 5.41) is 8.77. The summed E-state index contributed by atoms with van der Waals surface area (Å²) >= 11 is 0. The number of rotatable bonds is 4. The van der Waals surface area contributed by atoms with Crippen LogP contribution in [0.25, 0.3) is 0 Å². The van der Waals surface area contributed by atoms with Crippen LogP contribution < -0.4 is 5.48 Å². The Morgan fingerprint density at radius 3 is 2.53 bits per heavy atom. The Balaban J connectivity index is 2.30. The predicted molar refractivity (Wildman–Crippen MR) is 52.0 cm³/mol. The number of aliphatic carboxylic acids is 1. The summed E-state index contributed by atoms with van der Waals surface area (Å²) in [5.41, 5.74) is 2.47. The van der Waals surface area contributed by atoms with E-state index in [2.05, 4.69) is 10.3 Å². The third-order valence-electron chi connectivity index (χ3n) is 2.56. The van der Waals surface area contributed by atoms with E-state index in [4.69, 9.17) is 5.11 Å². The molecular weight excluding hydrogens is 200 g/mol. The molecule has 0 aliphatic carbocycles. The van der Waals surface area contributed by atoms with Gasteiger partial charge in [-0.3, -0.25) is 9.59 Å². The Morgan fingerprint density at radius 2 is 2.07 bits per heavy atom. The van der Waals surface area contributed by atoms with E-state index in [1.54, 1.807) is 4.90 Å². The fourth-order valence-corrected chi connectivity index (χ4v) is 1.62. The number of carboxylic acids is 1. The fraction of sp³-hybridized carbons (Fsp3) is 0.778. The van der Waals surface area contributed by atoms with Crippen molar-refractivity contribution < 1.29 is 19.5 Å². The largest absolute Gasteiger partial charge is 0.481 e. The molecule has 0 saturated carbocycles. The van der Waals surface area contributed by atoms with Gasteiger partial charge in [0.1, 0.15) is 6.54 Å². The van der Waals surface area contributed by atoms with Gasteiger partial charge in [0.15, 0.2) is 0 Å². The number of hydroxylamine groups is 1. The standard InChI is InChI=1S/C9H16N2O4/c1-15-10-6-8(12)11-4-2-7(3-5-11)9(13)14/h7,10H,2-6H2,1H3,(H,13,14). The number of carbonyl (C=O) groups is 2. The van der Waals surface area contributed by atoms with Gasteiger partial charge in [-0.2, -0.15) is 5.48 Å². The highest BCUT2D eigenvalue weighted by molar-refractivity contribution is 5.78. The van der Waals surface area contributed by atoms with Crippen molar-refractivity contribution in [3.8, 4) is 0 Å². The van der Waals surface area contributed by atoms with Gasteiger partial charge in [-0.1, -0.05) is 0 Å². The molecule has 0 radical (unpaired) electrons. The van der Waals surface area contributed by atoms with E-state index in [0.717, 1.165) is 0 Å². The molecule has 0 bridgehead atoms. The number of likely N-dealkylation sites (tertiary alicyclic amines) is 1. The second-order valence-corrected chi connectivity index (χ2v) is 3.52. The molecule has 15 heavy (non-hydrogen) atoms. The van der Waals surface area contributed by atoms with Gasteiger partial charge in [-0.05, 0) is 12.8 Å². The topological polar surface area (TPSA) is 78.9 Å². The lowest BCUT2D eigenvalue weighted by Gasteiger charge is -2.30. The molecule has 1 fully saturated rings. The van der Waals surface area contributed by atoms with E-state index >= 15 is 0 Å². The molecule has 0 unspecified atom stereocenters. The maximum absolute atomic E-state index is 11.5. The van der Waals surface area contributed by atoms with Crippen molar-refractivity contribution >= 4 is 11.9 Å². The highest BCUT2D eigenvalue weighted by Gasteiger charge is 2.26. The molecule has 1 rings (SSSR count). The van der Waals surface area contributed by atoms with Crippen LogP contribution in [0.2, 0.25) is 0 Å². The number of nitrogens with one attached hydrogen (secondary N) is 1. The van der Waals surface area contributed by atoms with Gasteiger partial charge in [0.05, 0.1) is 13.0 Å². The Hall–Kier alpha value is -1.14. The second kappa shape index (κ2) is 5.67. The smallest absolute Gasteiger partial charge is 0.306 e. The number of hydrogen-bond acceptors (Lipinski definition) is 4. The molecule has 1 amide bonds. The third-order valence-corrected chi connectivity index (χ3v) is 2.56. The van der Waals surface area contributed by atoms with Crippen molar-refractivity contribution in [1.82, 2.24) is 10.4 Å². The lowest BCUT2D eigenvalue weighted by molar-refractivity contribution is -0.145. The summed E-state index contributed by atoms with van der Waals surface area (Å²) in [5.74, 6) is -1.12. The number of nitrogens with zero attached hydrogens (tertiary/aromatic N) is 1. The molecule has 0 aromatic rings. The Morgan fingerprint density at radius 1 is 1.47 bits per heavy atom. The van der Waals surface area contributed by atoms with Crippen molar-refractivity contribution in [3.63, 3.8) is 0 Å². The molecule has 0 spiro atoms. The number of piperidine rings is 1. The third kappa shape index (κ3) is 3.49. The van der Waals surface area contributed by atoms with Crippen LogP contribution in [0, 0.1) is 5.92 Å². The molecule has 6 heteroatoms. The summed E-state index contributed by atoms with van der Waals surface area (Å²) in [7, 11) is 1.45. The molecule has 1 aliphatic rings. The molecule has 1 saturated heterocycles. The minimum Gasteiger partial charge on any atom is -0.481 e.